The SMILES string of the molecule is Cc1ccc2c(c1/C=C/CO)C(=O)c1occ3c1[C@]2(C)C[C@H](O)[C@H]3O. The second-order valence-electron chi connectivity index (χ2n) is 7.08. The molecule has 1 heterocycles. The molecule has 4 rings (SSSR count). The quantitative estimate of drug-likeness (QED) is 0.780. The van der Waals surface area contributed by atoms with E-state index in [-0.39, 0.29) is 18.2 Å². The third kappa shape index (κ3) is 2.03. The molecule has 3 N–H and O–H groups in total. The number of fused-ring (bicyclic) bond motifs is 2. The van der Waals surface area contributed by atoms with E-state index in [1.54, 1.807) is 12.2 Å². The van der Waals surface area contributed by atoms with Crippen molar-refractivity contribution in [3.63, 3.8) is 0 Å². The van der Waals surface area contributed by atoms with Gasteiger partial charge in [-0.1, -0.05) is 31.2 Å². The molecule has 0 saturated heterocycles. The van der Waals surface area contributed by atoms with E-state index >= 15 is 0 Å². The Bertz CT molecular complexity index is 907. The van der Waals surface area contributed by atoms with Crippen LogP contribution in [0.15, 0.2) is 28.9 Å². The smallest absolute Gasteiger partial charge is 0.229 e. The second kappa shape index (κ2) is 5.39. The lowest BCUT2D eigenvalue weighted by molar-refractivity contribution is -0.00683. The third-order valence-electron chi connectivity index (χ3n) is 5.55. The van der Waals surface area contributed by atoms with Crippen molar-refractivity contribution in [3.8, 4) is 0 Å². The normalized spacial score (nSPS) is 27.5. The maximum absolute atomic E-state index is 13.1. The largest absolute Gasteiger partial charge is 0.460 e. The molecule has 5 heteroatoms. The van der Waals surface area contributed by atoms with Gasteiger partial charge in [-0.3, -0.25) is 4.79 Å². The third-order valence-corrected chi connectivity index (χ3v) is 5.55. The van der Waals surface area contributed by atoms with Crippen molar-refractivity contribution in [2.75, 3.05) is 6.61 Å². The summed E-state index contributed by atoms with van der Waals surface area (Å²) in [6, 6.07) is 3.86. The fraction of sp³-hybridized carbons (Fsp3) is 0.350. The fourth-order valence-corrected chi connectivity index (χ4v) is 4.34. The minimum Gasteiger partial charge on any atom is -0.460 e. The molecule has 2 aliphatic carbocycles. The van der Waals surface area contributed by atoms with Crippen molar-refractivity contribution in [3.05, 3.63) is 63.6 Å². The molecular formula is C20H20O5. The summed E-state index contributed by atoms with van der Waals surface area (Å²) in [6.07, 6.45) is 3.06. The number of furan rings is 1. The Labute approximate surface area is 145 Å². The molecule has 1 aromatic heterocycles. The van der Waals surface area contributed by atoms with Crippen molar-refractivity contribution in [2.45, 2.75) is 37.9 Å². The Morgan fingerprint density at radius 3 is 2.84 bits per heavy atom. The van der Waals surface area contributed by atoms with Crippen LogP contribution in [-0.2, 0) is 5.41 Å². The molecule has 0 radical (unpaired) electrons. The number of rotatable bonds is 2. The molecule has 5 nitrogen and oxygen atoms in total. The average Bonchev–Trinajstić information content (AvgIpc) is 3.03. The summed E-state index contributed by atoms with van der Waals surface area (Å²) in [5.74, 6) is 0.0128. The van der Waals surface area contributed by atoms with Gasteiger partial charge in [-0.2, -0.15) is 0 Å². The van der Waals surface area contributed by atoms with Gasteiger partial charge in [0, 0.05) is 22.1 Å². The Hall–Kier alpha value is -2.21. The van der Waals surface area contributed by atoms with Gasteiger partial charge in [-0.25, -0.2) is 0 Å². The van der Waals surface area contributed by atoms with Gasteiger partial charge in [0.2, 0.25) is 5.78 Å². The number of carbonyl (C=O) groups is 1. The highest BCUT2D eigenvalue weighted by atomic mass is 16.3. The standard InChI is InChI=1S/C20H20O5/c1-10-5-6-13-15(11(10)4-3-7-21)18(24)19-16-12(9-25-19)17(23)14(22)8-20(13,16)2/h3-6,9,14,17,21-23H,7-8H2,1-2H3/b4-3+/t14-,17-,20+/m0/s1. The molecule has 0 amide bonds. The topological polar surface area (TPSA) is 90.9 Å². The van der Waals surface area contributed by atoms with E-state index < -0.39 is 17.6 Å². The van der Waals surface area contributed by atoms with Crippen LogP contribution < -0.4 is 0 Å². The molecule has 0 bridgehead atoms. The fourth-order valence-electron chi connectivity index (χ4n) is 4.34. The monoisotopic (exact) mass is 340 g/mol. The molecule has 3 atom stereocenters. The molecular weight excluding hydrogens is 320 g/mol. The van der Waals surface area contributed by atoms with E-state index in [0.717, 1.165) is 16.7 Å². The highest BCUT2D eigenvalue weighted by molar-refractivity contribution is 6.14. The van der Waals surface area contributed by atoms with Crippen LogP contribution in [-0.4, -0.2) is 33.8 Å². The highest BCUT2D eigenvalue weighted by Gasteiger charge is 2.51. The van der Waals surface area contributed by atoms with Crippen molar-refractivity contribution in [1.82, 2.24) is 0 Å². The van der Waals surface area contributed by atoms with Gasteiger partial charge in [-0.05, 0) is 30.0 Å². The van der Waals surface area contributed by atoms with Gasteiger partial charge >= 0.3 is 0 Å². The minimum atomic E-state index is -1.05. The lowest BCUT2D eigenvalue weighted by Crippen LogP contribution is -2.42. The number of aliphatic hydroxyl groups excluding tert-OH is 3. The molecule has 0 fully saturated rings. The van der Waals surface area contributed by atoms with Crippen molar-refractivity contribution < 1.29 is 24.5 Å². The van der Waals surface area contributed by atoms with Crippen LogP contribution in [0.4, 0.5) is 0 Å². The Morgan fingerprint density at radius 2 is 2.12 bits per heavy atom. The van der Waals surface area contributed by atoms with Gasteiger partial charge in [0.25, 0.3) is 0 Å². The Balaban J connectivity index is 2.05. The summed E-state index contributed by atoms with van der Waals surface area (Å²) in [7, 11) is 0. The summed E-state index contributed by atoms with van der Waals surface area (Å²) in [4.78, 5) is 13.1. The van der Waals surface area contributed by atoms with E-state index in [2.05, 4.69) is 0 Å². The van der Waals surface area contributed by atoms with Crippen LogP contribution in [0, 0.1) is 6.92 Å². The van der Waals surface area contributed by atoms with Crippen molar-refractivity contribution >= 4 is 11.9 Å². The van der Waals surface area contributed by atoms with E-state index in [4.69, 9.17) is 9.52 Å². The Kier molecular flexibility index (Phi) is 3.51. The Morgan fingerprint density at radius 1 is 1.36 bits per heavy atom. The van der Waals surface area contributed by atoms with Gasteiger partial charge in [-0.15, -0.1) is 0 Å². The van der Waals surface area contributed by atoms with Crippen LogP contribution in [0.5, 0.6) is 0 Å². The van der Waals surface area contributed by atoms with E-state index in [0.29, 0.717) is 23.1 Å². The zero-order valence-electron chi connectivity index (χ0n) is 14.1. The predicted octanol–water partition coefficient (Wildman–Crippen LogP) is 2.24. The number of hydrogen-bond donors (Lipinski definition) is 3. The number of aryl methyl sites for hydroxylation is 1. The summed E-state index contributed by atoms with van der Waals surface area (Å²) >= 11 is 0. The predicted molar refractivity (Wildman–Crippen MR) is 91.5 cm³/mol. The summed E-state index contributed by atoms with van der Waals surface area (Å²) in [6.45, 7) is 3.77. The van der Waals surface area contributed by atoms with Crippen LogP contribution in [0.1, 0.15) is 63.4 Å². The lowest BCUT2D eigenvalue weighted by Gasteiger charge is -2.42. The summed E-state index contributed by atoms with van der Waals surface area (Å²) in [5, 5.41) is 29.8. The van der Waals surface area contributed by atoms with E-state index in [1.807, 2.05) is 26.0 Å². The molecule has 2 aromatic rings. The summed E-state index contributed by atoms with van der Waals surface area (Å²) in [5.41, 5.74) is 3.60. The van der Waals surface area contributed by atoms with Crippen molar-refractivity contribution in [2.24, 2.45) is 0 Å². The number of hydrogen-bond acceptors (Lipinski definition) is 5. The molecule has 2 aliphatic rings. The van der Waals surface area contributed by atoms with Crippen LogP contribution in [0.3, 0.4) is 0 Å². The molecule has 1 aromatic carbocycles. The molecule has 0 aliphatic heterocycles. The zero-order chi connectivity index (χ0) is 17.9. The summed E-state index contributed by atoms with van der Waals surface area (Å²) < 4.78 is 5.55. The first-order chi connectivity index (χ1) is 11.9. The number of ketones is 1. The van der Waals surface area contributed by atoms with Crippen LogP contribution in [0.25, 0.3) is 6.08 Å². The van der Waals surface area contributed by atoms with Crippen molar-refractivity contribution in [1.29, 1.82) is 0 Å². The van der Waals surface area contributed by atoms with Gasteiger partial charge < -0.3 is 19.7 Å². The first-order valence-electron chi connectivity index (χ1n) is 8.34. The minimum absolute atomic E-state index is 0.115. The maximum atomic E-state index is 13.1. The van der Waals surface area contributed by atoms with E-state index in [9.17, 15) is 15.0 Å². The van der Waals surface area contributed by atoms with Crippen LogP contribution in [0.2, 0.25) is 0 Å². The van der Waals surface area contributed by atoms with Gasteiger partial charge in [0.05, 0.1) is 19.0 Å². The highest BCUT2D eigenvalue weighted by Crippen LogP contribution is 2.53. The van der Waals surface area contributed by atoms with Gasteiger partial charge in [0.1, 0.15) is 6.10 Å². The molecule has 0 spiro atoms. The molecule has 25 heavy (non-hydrogen) atoms. The number of benzene rings is 1. The average molecular weight is 340 g/mol. The van der Waals surface area contributed by atoms with Gasteiger partial charge in [0.15, 0.2) is 5.76 Å². The lowest BCUT2D eigenvalue weighted by atomic mass is 9.61. The maximum Gasteiger partial charge on any atom is 0.229 e. The van der Waals surface area contributed by atoms with Crippen LogP contribution >= 0.6 is 0 Å². The second-order valence-corrected chi connectivity index (χ2v) is 7.08. The first-order valence-corrected chi connectivity index (χ1v) is 8.34. The molecule has 130 valence electrons. The molecule has 0 saturated carbocycles. The number of aliphatic hydroxyl groups is 3. The van der Waals surface area contributed by atoms with E-state index in [1.165, 1.54) is 6.26 Å². The molecule has 0 unspecified atom stereocenters. The first kappa shape index (κ1) is 16.3. The number of carbonyl (C=O) groups excluding carboxylic acids is 1. The zero-order valence-corrected chi connectivity index (χ0v) is 14.1.